The maximum Gasteiger partial charge on any atom is 0.128 e. The van der Waals surface area contributed by atoms with Gasteiger partial charge in [-0.3, -0.25) is 0 Å². The second-order valence-electron chi connectivity index (χ2n) is 4.41. The summed E-state index contributed by atoms with van der Waals surface area (Å²) in [5.41, 5.74) is 9.31. The van der Waals surface area contributed by atoms with Crippen LogP contribution in [0.25, 0.3) is 16.9 Å². The fraction of sp³-hybridized carbons (Fsp3) is 0.0625. The van der Waals surface area contributed by atoms with Crippen LogP contribution < -0.4 is 10.5 Å². The van der Waals surface area contributed by atoms with E-state index in [1.54, 1.807) is 11.8 Å². The molecule has 0 fully saturated rings. The van der Waals surface area contributed by atoms with Crippen molar-refractivity contribution in [3.8, 4) is 22.7 Å². The zero-order valence-corrected chi connectivity index (χ0v) is 11.2. The van der Waals surface area contributed by atoms with Crippen molar-refractivity contribution in [3.63, 3.8) is 0 Å². The first-order valence-electron chi connectivity index (χ1n) is 6.33. The second-order valence-corrected chi connectivity index (χ2v) is 4.41. The van der Waals surface area contributed by atoms with Crippen LogP contribution in [-0.2, 0) is 0 Å². The van der Waals surface area contributed by atoms with Crippen LogP contribution in [0.5, 0.6) is 5.75 Å². The highest BCUT2D eigenvalue weighted by atomic mass is 16.5. The molecule has 0 aliphatic heterocycles. The summed E-state index contributed by atoms with van der Waals surface area (Å²) in [4.78, 5) is 0. The summed E-state index contributed by atoms with van der Waals surface area (Å²) < 4.78 is 7.14. The van der Waals surface area contributed by atoms with Gasteiger partial charge in [-0.05, 0) is 24.3 Å². The minimum absolute atomic E-state index is 0.623. The Hall–Kier alpha value is -2.75. The summed E-state index contributed by atoms with van der Waals surface area (Å²) in [5, 5.41) is 4.57. The Kier molecular flexibility index (Phi) is 3.13. The third kappa shape index (κ3) is 2.12. The molecule has 0 saturated carbocycles. The molecule has 0 unspecified atom stereocenters. The average molecular weight is 265 g/mol. The van der Waals surface area contributed by atoms with Crippen molar-refractivity contribution in [1.29, 1.82) is 0 Å². The minimum Gasteiger partial charge on any atom is -0.496 e. The number of rotatable bonds is 3. The maximum atomic E-state index is 6.10. The Morgan fingerprint density at radius 1 is 1.00 bits per heavy atom. The molecule has 0 spiro atoms. The first-order chi connectivity index (χ1) is 9.79. The average Bonchev–Trinajstić information content (AvgIpc) is 2.90. The van der Waals surface area contributed by atoms with Gasteiger partial charge in [0.2, 0.25) is 0 Å². The summed E-state index contributed by atoms with van der Waals surface area (Å²) in [7, 11) is 1.64. The van der Waals surface area contributed by atoms with E-state index >= 15 is 0 Å². The van der Waals surface area contributed by atoms with E-state index in [0.717, 1.165) is 22.7 Å². The standard InChI is InChI=1S/C16H15N3O/c1-20-15-10-6-5-9-13(15)16-14(17)11-19(18-16)12-7-3-2-4-8-12/h2-11H,17H2,1H3. The molecule has 3 rings (SSSR count). The summed E-state index contributed by atoms with van der Waals surface area (Å²) in [5.74, 6) is 0.762. The van der Waals surface area contributed by atoms with Gasteiger partial charge in [-0.1, -0.05) is 30.3 Å². The summed E-state index contributed by atoms with van der Waals surface area (Å²) in [6, 6.07) is 17.6. The lowest BCUT2D eigenvalue weighted by Gasteiger charge is -2.06. The molecular weight excluding hydrogens is 250 g/mol. The van der Waals surface area contributed by atoms with E-state index in [-0.39, 0.29) is 0 Å². The maximum absolute atomic E-state index is 6.10. The number of aromatic nitrogens is 2. The predicted octanol–water partition coefficient (Wildman–Crippen LogP) is 3.13. The molecule has 3 aromatic rings. The highest BCUT2D eigenvalue weighted by Gasteiger charge is 2.13. The number of nitrogens with zero attached hydrogens (tertiary/aromatic N) is 2. The topological polar surface area (TPSA) is 53.1 Å². The van der Waals surface area contributed by atoms with E-state index in [9.17, 15) is 0 Å². The van der Waals surface area contributed by atoms with Gasteiger partial charge in [0, 0.05) is 5.56 Å². The fourth-order valence-corrected chi connectivity index (χ4v) is 2.15. The largest absolute Gasteiger partial charge is 0.496 e. The second kappa shape index (κ2) is 5.09. The quantitative estimate of drug-likeness (QED) is 0.791. The van der Waals surface area contributed by atoms with Crippen LogP contribution in [0.15, 0.2) is 60.8 Å². The monoisotopic (exact) mass is 265 g/mol. The van der Waals surface area contributed by atoms with Crippen molar-refractivity contribution in [3.05, 3.63) is 60.8 Å². The Morgan fingerprint density at radius 3 is 2.45 bits per heavy atom. The smallest absolute Gasteiger partial charge is 0.128 e. The Bertz CT molecular complexity index is 720. The molecule has 20 heavy (non-hydrogen) atoms. The predicted molar refractivity (Wildman–Crippen MR) is 80.0 cm³/mol. The van der Waals surface area contributed by atoms with Gasteiger partial charge in [0.25, 0.3) is 0 Å². The number of para-hydroxylation sites is 2. The van der Waals surface area contributed by atoms with Crippen LogP contribution in [0, 0.1) is 0 Å². The van der Waals surface area contributed by atoms with Crippen molar-refractivity contribution < 1.29 is 4.74 Å². The number of hydrogen-bond donors (Lipinski definition) is 1. The normalized spacial score (nSPS) is 10.4. The van der Waals surface area contributed by atoms with Crippen LogP contribution >= 0.6 is 0 Å². The first-order valence-corrected chi connectivity index (χ1v) is 6.33. The highest BCUT2D eigenvalue weighted by molar-refractivity contribution is 5.77. The summed E-state index contributed by atoms with van der Waals surface area (Å²) >= 11 is 0. The lowest BCUT2D eigenvalue weighted by Crippen LogP contribution is -1.95. The van der Waals surface area contributed by atoms with Gasteiger partial charge in [-0.25, -0.2) is 4.68 Å². The fourth-order valence-electron chi connectivity index (χ4n) is 2.15. The number of anilines is 1. The molecular formula is C16H15N3O. The van der Waals surface area contributed by atoms with Crippen LogP contribution in [0.4, 0.5) is 5.69 Å². The van der Waals surface area contributed by atoms with Gasteiger partial charge >= 0.3 is 0 Å². The molecule has 4 nitrogen and oxygen atoms in total. The summed E-state index contributed by atoms with van der Waals surface area (Å²) in [6.45, 7) is 0. The van der Waals surface area contributed by atoms with Crippen molar-refractivity contribution >= 4 is 5.69 Å². The molecule has 0 aliphatic rings. The van der Waals surface area contributed by atoms with E-state index in [0.29, 0.717) is 5.69 Å². The molecule has 2 aromatic carbocycles. The van der Waals surface area contributed by atoms with Crippen molar-refractivity contribution in [1.82, 2.24) is 9.78 Å². The van der Waals surface area contributed by atoms with Gasteiger partial charge in [-0.15, -0.1) is 0 Å². The SMILES string of the molecule is COc1ccccc1-c1nn(-c2ccccc2)cc1N. The van der Waals surface area contributed by atoms with Crippen LogP contribution in [0.3, 0.4) is 0 Å². The Balaban J connectivity index is 2.10. The molecule has 1 heterocycles. The Labute approximate surface area is 117 Å². The Morgan fingerprint density at radius 2 is 1.70 bits per heavy atom. The zero-order chi connectivity index (χ0) is 13.9. The van der Waals surface area contributed by atoms with Crippen LogP contribution in [0.2, 0.25) is 0 Å². The molecule has 0 radical (unpaired) electrons. The van der Waals surface area contributed by atoms with Crippen molar-refractivity contribution in [2.45, 2.75) is 0 Å². The number of nitrogen functional groups attached to an aromatic ring is 1. The lowest BCUT2D eigenvalue weighted by atomic mass is 10.1. The molecule has 0 bridgehead atoms. The number of nitrogens with two attached hydrogens (primary N) is 1. The number of ether oxygens (including phenoxy) is 1. The van der Waals surface area contributed by atoms with Crippen LogP contribution in [-0.4, -0.2) is 16.9 Å². The van der Waals surface area contributed by atoms with Crippen LogP contribution in [0.1, 0.15) is 0 Å². The third-order valence-corrected chi connectivity index (χ3v) is 3.13. The molecule has 0 aliphatic carbocycles. The van der Waals surface area contributed by atoms with E-state index in [1.807, 2.05) is 60.8 Å². The first kappa shape index (κ1) is 12.3. The van der Waals surface area contributed by atoms with E-state index < -0.39 is 0 Å². The van der Waals surface area contributed by atoms with E-state index in [2.05, 4.69) is 5.10 Å². The zero-order valence-electron chi connectivity index (χ0n) is 11.2. The summed E-state index contributed by atoms with van der Waals surface area (Å²) in [6.07, 6.45) is 1.82. The lowest BCUT2D eigenvalue weighted by molar-refractivity contribution is 0.416. The molecule has 4 heteroatoms. The van der Waals surface area contributed by atoms with Gasteiger partial charge in [-0.2, -0.15) is 5.10 Å². The number of benzene rings is 2. The van der Waals surface area contributed by atoms with Gasteiger partial charge in [0.1, 0.15) is 11.4 Å². The number of methoxy groups -OCH3 is 1. The molecule has 0 saturated heterocycles. The molecule has 0 atom stereocenters. The third-order valence-electron chi connectivity index (χ3n) is 3.13. The minimum atomic E-state index is 0.623. The van der Waals surface area contributed by atoms with Crippen molar-refractivity contribution in [2.24, 2.45) is 0 Å². The highest BCUT2D eigenvalue weighted by Crippen LogP contribution is 2.32. The molecule has 0 amide bonds. The molecule has 100 valence electrons. The van der Waals surface area contributed by atoms with E-state index in [4.69, 9.17) is 10.5 Å². The van der Waals surface area contributed by atoms with Gasteiger partial charge in [0.05, 0.1) is 24.7 Å². The molecule has 1 aromatic heterocycles. The van der Waals surface area contributed by atoms with E-state index in [1.165, 1.54) is 0 Å². The molecule has 2 N–H and O–H groups in total. The van der Waals surface area contributed by atoms with Gasteiger partial charge < -0.3 is 10.5 Å². The number of hydrogen-bond acceptors (Lipinski definition) is 3. The van der Waals surface area contributed by atoms with Crippen molar-refractivity contribution in [2.75, 3.05) is 12.8 Å². The van der Waals surface area contributed by atoms with Gasteiger partial charge in [0.15, 0.2) is 0 Å².